The fraction of sp³-hybridized carbons (Fsp3) is 0.286. The topological polar surface area (TPSA) is 84.4 Å². The molecule has 1 aromatic heterocycles. The maximum atomic E-state index is 11.0. The van der Waals surface area contributed by atoms with Gasteiger partial charge in [0.15, 0.2) is 11.5 Å². The SMILES string of the molecule is CCc1c(-c2cc(C(=O)O)[nH]n2)cc(Br)c2c1OCCO2. The van der Waals surface area contributed by atoms with E-state index in [0.29, 0.717) is 30.4 Å². The highest BCUT2D eigenvalue weighted by molar-refractivity contribution is 9.10. The van der Waals surface area contributed by atoms with Gasteiger partial charge in [-0.15, -0.1) is 0 Å². The second-order valence-electron chi connectivity index (χ2n) is 4.57. The van der Waals surface area contributed by atoms with Crippen molar-refractivity contribution in [3.05, 3.63) is 27.9 Å². The Morgan fingerprint density at radius 3 is 2.71 bits per heavy atom. The smallest absolute Gasteiger partial charge is 0.353 e. The first-order valence-corrected chi connectivity index (χ1v) is 7.31. The lowest BCUT2D eigenvalue weighted by molar-refractivity contribution is 0.0690. The minimum absolute atomic E-state index is 0.0538. The van der Waals surface area contributed by atoms with Gasteiger partial charge in [0.25, 0.3) is 0 Å². The Morgan fingerprint density at radius 2 is 2.10 bits per heavy atom. The first-order valence-electron chi connectivity index (χ1n) is 6.51. The predicted molar refractivity (Wildman–Crippen MR) is 79.1 cm³/mol. The highest BCUT2D eigenvalue weighted by atomic mass is 79.9. The predicted octanol–water partition coefficient (Wildman–Crippen LogP) is 2.87. The van der Waals surface area contributed by atoms with E-state index >= 15 is 0 Å². The van der Waals surface area contributed by atoms with Crippen molar-refractivity contribution in [1.82, 2.24) is 10.2 Å². The standard InChI is InChI=1S/C14H13BrN2O4/c1-2-7-8(10-6-11(14(18)19)17-16-10)5-9(15)13-12(7)20-3-4-21-13/h5-6H,2-4H2,1H3,(H,16,17)(H,18,19). The van der Waals surface area contributed by atoms with Crippen LogP contribution in [0.3, 0.4) is 0 Å². The summed E-state index contributed by atoms with van der Waals surface area (Å²) >= 11 is 3.47. The van der Waals surface area contributed by atoms with Crippen LogP contribution in [0.5, 0.6) is 11.5 Å². The van der Waals surface area contributed by atoms with Crippen molar-refractivity contribution in [3.63, 3.8) is 0 Å². The first-order chi connectivity index (χ1) is 10.1. The molecule has 0 amide bonds. The number of halogens is 1. The number of ether oxygens (including phenoxy) is 2. The summed E-state index contributed by atoms with van der Waals surface area (Å²) in [5.74, 6) is 0.354. The second kappa shape index (κ2) is 5.40. The molecule has 2 N–H and O–H groups in total. The van der Waals surface area contributed by atoms with E-state index in [9.17, 15) is 4.79 Å². The van der Waals surface area contributed by atoms with Gasteiger partial charge >= 0.3 is 5.97 Å². The number of carboxylic acid groups (broad SMARTS) is 1. The number of fused-ring (bicyclic) bond motifs is 1. The van der Waals surface area contributed by atoms with Gasteiger partial charge in [0, 0.05) is 11.1 Å². The van der Waals surface area contributed by atoms with Crippen LogP contribution in [0.15, 0.2) is 16.6 Å². The molecule has 0 aliphatic carbocycles. The number of aromatic carboxylic acids is 1. The molecule has 6 nitrogen and oxygen atoms in total. The highest BCUT2D eigenvalue weighted by Crippen LogP contribution is 2.45. The van der Waals surface area contributed by atoms with Crippen molar-refractivity contribution < 1.29 is 19.4 Å². The minimum Gasteiger partial charge on any atom is -0.486 e. The molecule has 0 atom stereocenters. The van der Waals surface area contributed by atoms with Crippen LogP contribution < -0.4 is 9.47 Å². The Labute approximate surface area is 129 Å². The third-order valence-corrected chi connectivity index (χ3v) is 3.90. The largest absolute Gasteiger partial charge is 0.486 e. The molecule has 0 radical (unpaired) electrons. The number of carboxylic acids is 1. The van der Waals surface area contributed by atoms with Crippen molar-refractivity contribution >= 4 is 21.9 Å². The summed E-state index contributed by atoms with van der Waals surface area (Å²) in [6.45, 7) is 3.02. The van der Waals surface area contributed by atoms with Crippen LogP contribution in [0.1, 0.15) is 23.0 Å². The van der Waals surface area contributed by atoms with Crippen LogP contribution in [-0.4, -0.2) is 34.5 Å². The molecule has 0 saturated heterocycles. The van der Waals surface area contributed by atoms with Gasteiger partial charge in [0.1, 0.15) is 18.9 Å². The molecular formula is C14H13BrN2O4. The Hall–Kier alpha value is -2.02. The van der Waals surface area contributed by atoms with Gasteiger partial charge < -0.3 is 14.6 Å². The zero-order valence-electron chi connectivity index (χ0n) is 11.3. The molecule has 2 heterocycles. The number of carbonyl (C=O) groups is 1. The lowest BCUT2D eigenvalue weighted by Crippen LogP contribution is -2.17. The van der Waals surface area contributed by atoms with E-state index in [1.807, 2.05) is 13.0 Å². The van der Waals surface area contributed by atoms with E-state index in [1.54, 1.807) is 0 Å². The Bertz CT molecular complexity index is 711. The Kier molecular flexibility index (Phi) is 3.59. The number of benzene rings is 1. The van der Waals surface area contributed by atoms with E-state index in [0.717, 1.165) is 22.0 Å². The van der Waals surface area contributed by atoms with Crippen molar-refractivity contribution in [1.29, 1.82) is 0 Å². The monoisotopic (exact) mass is 352 g/mol. The average Bonchev–Trinajstić information content (AvgIpc) is 2.97. The van der Waals surface area contributed by atoms with Crippen molar-refractivity contribution in [2.24, 2.45) is 0 Å². The van der Waals surface area contributed by atoms with Crippen molar-refractivity contribution in [2.75, 3.05) is 13.2 Å². The summed E-state index contributed by atoms with van der Waals surface area (Å²) in [5, 5.41) is 15.6. The van der Waals surface area contributed by atoms with Crippen LogP contribution in [0.2, 0.25) is 0 Å². The van der Waals surface area contributed by atoms with Crippen LogP contribution in [0.25, 0.3) is 11.3 Å². The molecule has 2 aromatic rings. The van der Waals surface area contributed by atoms with Crippen molar-refractivity contribution in [2.45, 2.75) is 13.3 Å². The maximum Gasteiger partial charge on any atom is 0.353 e. The Morgan fingerprint density at radius 1 is 1.38 bits per heavy atom. The van der Waals surface area contributed by atoms with Gasteiger partial charge in [-0.1, -0.05) is 6.92 Å². The number of nitrogens with zero attached hydrogens (tertiary/aromatic N) is 1. The molecule has 1 aliphatic heterocycles. The molecule has 3 rings (SSSR count). The highest BCUT2D eigenvalue weighted by Gasteiger charge is 2.23. The van der Waals surface area contributed by atoms with E-state index in [2.05, 4.69) is 26.1 Å². The molecule has 21 heavy (non-hydrogen) atoms. The fourth-order valence-corrected chi connectivity index (χ4v) is 2.89. The quantitative estimate of drug-likeness (QED) is 0.887. The summed E-state index contributed by atoms with van der Waals surface area (Å²) < 4.78 is 12.1. The average molecular weight is 353 g/mol. The molecular weight excluding hydrogens is 340 g/mol. The van der Waals surface area contributed by atoms with E-state index in [1.165, 1.54) is 6.07 Å². The number of hydrogen-bond acceptors (Lipinski definition) is 4. The summed E-state index contributed by atoms with van der Waals surface area (Å²) in [6, 6.07) is 3.40. The zero-order chi connectivity index (χ0) is 15.0. The number of H-pyrrole nitrogens is 1. The number of hydrogen-bond donors (Lipinski definition) is 2. The summed E-state index contributed by atoms with van der Waals surface area (Å²) in [5.41, 5.74) is 2.41. The van der Waals surface area contributed by atoms with Crippen molar-refractivity contribution in [3.8, 4) is 22.8 Å². The summed E-state index contributed by atoms with van der Waals surface area (Å²) in [4.78, 5) is 11.0. The number of aromatic nitrogens is 2. The van der Waals surface area contributed by atoms with Crippen LogP contribution in [0, 0.1) is 0 Å². The number of rotatable bonds is 3. The molecule has 0 spiro atoms. The van der Waals surface area contributed by atoms with Crippen LogP contribution >= 0.6 is 15.9 Å². The van der Waals surface area contributed by atoms with Gasteiger partial charge in [-0.2, -0.15) is 5.10 Å². The van der Waals surface area contributed by atoms with E-state index in [-0.39, 0.29) is 5.69 Å². The lowest BCUT2D eigenvalue weighted by atomic mass is 10.00. The summed E-state index contributed by atoms with van der Waals surface area (Å²) in [6.07, 6.45) is 0.726. The third-order valence-electron chi connectivity index (χ3n) is 3.31. The van der Waals surface area contributed by atoms with Gasteiger partial charge in [-0.05, 0) is 34.5 Å². The molecule has 7 heteroatoms. The molecule has 0 unspecified atom stereocenters. The third kappa shape index (κ3) is 2.37. The van der Waals surface area contributed by atoms with Crippen LogP contribution in [0.4, 0.5) is 0 Å². The number of aromatic amines is 1. The molecule has 1 aliphatic rings. The number of nitrogens with one attached hydrogen (secondary N) is 1. The van der Waals surface area contributed by atoms with Gasteiger partial charge in [0.05, 0.1) is 10.2 Å². The molecule has 1 aromatic carbocycles. The van der Waals surface area contributed by atoms with Gasteiger partial charge in [-0.3, -0.25) is 5.10 Å². The van der Waals surface area contributed by atoms with E-state index in [4.69, 9.17) is 14.6 Å². The normalized spacial score (nSPS) is 13.2. The zero-order valence-corrected chi connectivity index (χ0v) is 12.9. The van der Waals surface area contributed by atoms with Gasteiger partial charge in [-0.25, -0.2) is 4.79 Å². The molecule has 0 bridgehead atoms. The maximum absolute atomic E-state index is 11.0. The molecule has 0 fully saturated rings. The van der Waals surface area contributed by atoms with Crippen LogP contribution in [-0.2, 0) is 6.42 Å². The lowest BCUT2D eigenvalue weighted by Gasteiger charge is -2.23. The fourth-order valence-electron chi connectivity index (χ4n) is 2.37. The van der Waals surface area contributed by atoms with E-state index < -0.39 is 5.97 Å². The summed E-state index contributed by atoms with van der Waals surface area (Å²) in [7, 11) is 0. The minimum atomic E-state index is -1.04. The first kappa shape index (κ1) is 13.9. The second-order valence-corrected chi connectivity index (χ2v) is 5.42. The molecule has 0 saturated carbocycles. The molecule has 110 valence electrons. The Balaban J connectivity index is 2.17. The van der Waals surface area contributed by atoms with Gasteiger partial charge in [0.2, 0.25) is 0 Å².